The number of unbranched alkanes of at least 4 members (excludes halogenated alkanes) is 10. The third kappa shape index (κ3) is 8.28. The van der Waals surface area contributed by atoms with Crippen molar-refractivity contribution in [1.82, 2.24) is 0 Å². The summed E-state index contributed by atoms with van der Waals surface area (Å²) in [6.07, 6.45) is 18.1. The number of hydrogen-bond acceptors (Lipinski definition) is 2. The first-order valence-corrected chi connectivity index (χ1v) is 19.2. The molecule has 0 bridgehead atoms. The highest BCUT2D eigenvalue weighted by Crippen LogP contribution is 2.55. The molecule has 5 rings (SSSR count). The average molecular weight is 645 g/mol. The molecule has 4 aromatic carbocycles. The normalized spacial score (nSPS) is 13.9. The molecule has 0 saturated carbocycles. The van der Waals surface area contributed by atoms with Crippen LogP contribution in [-0.2, 0) is 10.1 Å². The van der Waals surface area contributed by atoms with Crippen molar-refractivity contribution in [2.24, 2.45) is 0 Å². The zero-order chi connectivity index (χ0) is 34.2. The molecule has 0 spiro atoms. The lowest BCUT2D eigenvalue weighted by Crippen LogP contribution is -2.49. The van der Waals surface area contributed by atoms with Gasteiger partial charge >= 0.3 is 7.48 Å². The zero-order valence-electron chi connectivity index (χ0n) is 31.0. The first-order chi connectivity index (χ1) is 23.1. The number of fused-ring (bicyclic) bond motifs is 4. The highest BCUT2D eigenvalue weighted by Gasteiger charge is 2.43. The van der Waals surface area contributed by atoms with Crippen molar-refractivity contribution < 1.29 is 9.76 Å². The van der Waals surface area contributed by atoms with Crippen LogP contribution < -0.4 is 5.46 Å². The quantitative estimate of drug-likeness (QED) is 0.0813. The molecule has 0 amide bonds. The number of aliphatic hydroxyl groups is 1. The van der Waals surface area contributed by atoms with Gasteiger partial charge in [0.05, 0.1) is 11.2 Å². The molecule has 3 heteroatoms. The SMILES string of the molecule is CCCCCCCCC1(CCCCCCCC)c2cc(BOC(C)(C)C(C)(C)O)ccc2-c2ccc(-c3ccc4ccccc4c3)cc21. The summed E-state index contributed by atoms with van der Waals surface area (Å²) in [7, 11) is 0.493. The summed E-state index contributed by atoms with van der Waals surface area (Å²) < 4.78 is 6.42. The van der Waals surface area contributed by atoms with Crippen molar-refractivity contribution in [3.8, 4) is 22.3 Å². The Morgan fingerprint density at radius 1 is 0.583 bits per heavy atom. The van der Waals surface area contributed by atoms with Crippen molar-refractivity contribution in [1.29, 1.82) is 0 Å². The fourth-order valence-corrected chi connectivity index (χ4v) is 7.70. The molecule has 0 radical (unpaired) electrons. The number of hydrogen-bond donors (Lipinski definition) is 1. The van der Waals surface area contributed by atoms with Gasteiger partial charge in [0.2, 0.25) is 0 Å². The van der Waals surface area contributed by atoms with Gasteiger partial charge in [-0.05, 0) is 96.8 Å². The lowest BCUT2D eigenvalue weighted by molar-refractivity contribution is -0.0893. The smallest absolute Gasteiger partial charge is 0.309 e. The van der Waals surface area contributed by atoms with E-state index in [0.29, 0.717) is 7.48 Å². The standard InChI is InChI=1S/C45H61BO2/c1-7-9-11-13-15-19-29-45(30-20-16-14-12-10-8-2)41-32-37(36-24-23-34-21-17-18-22-35(34)31-36)25-27-39(41)40-28-26-38(33-42(40)45)46-48-44(5,6)43(3,4)47/h17-18,21-28,31-33,46-47H,7-16,19-20,29-30H2,1-6H3. The molecule has 1 N–H and O–H groups in total. The van der Waals surface area contributed by atoms with Crippen LogP contribution in [0.4, 0.5) is 0 Å². The van der Waals surface area contributed by atoms with Crippen LogP contribution >= 0.6 is 0 Å². The monoisotopic (exact) mass is 644 g/mol. The van der Waals surface area contributed by atoms with Gasteiger partial charge in [0.25, 0.3) is 0 Å². The Balaban J connectivity index is 1.55. The Morgan fingerprint density at radius 3 is 1.73 bits per heavy atom. The second-order valence-corrected chi connectivity index (χ2v) is 15.7. The number of benzene rings is 4. The molecule has 2 nitrogen and oxygen atoms in total. The Bertz CT molecular complexity index is 1610. The topological polar surface area (TPSA) is 29.5 Å². The van der Waals surface area contributed by atoms with Crippen LogP contribution in [0.2, 0.25) is 0 Å². The summed E-state index contributed by atoms with van der Waals surface area (Å²) in [6, 6.07) is 30.0. The Hall–Kier alpha value is -2.88. The van der Waals surface area contributed by atoms with Gasteiger partial charge in [-0.3, -0.25) is 0 Å². The second-order valence-electron chi connectivity index (χ2n) is 15.7. The van der Waals surface area contributed by atoms with E-state index in [0.717, 1.165) is 0 Å². The summed E-state index contributed by atoms with van der Waals surface area (Å²) in [5, 5.41) is 13.4. The minimum Gasteiger partial charge on any atom is -0.427 e. The van der Waals surface area contributed by atoms with Crippen molar-refractivity contribution in [3.63, 3.8) is 0 Å². The van der Waals surface area contributed by atoms with Crippen LogP contribution in [0.3, 0.4) is 0 Å². The molecule has 0 unspecified atom stereocenters. The van der Waals surface area contributed by atoms with Gasteiger partial charge in [-0.15, -0.1) is 0 Å². The zero-order valence-corrected chi connectivity index (χ0v) is 31.0. The maximum absolute atomic E-state index is 10.8. The van der Waals surface area contributed by atoms with Gasteiger partial charge in [-0.1, -0.05) is 163 Å². The van der Waals surface area contributed by atoms with Crippen LogP contribution in [0.15, 0.2) is 78.9 Å². The Morgan fingerprint density at radius 2 is 1.10 bits per heavy atom. The molecule has 4 aromatic rings. The highest BCUT2D eigenvalue weighted by molar-refractivity contribution is 6.47. The summed E-state index contributed by atoms with van der Waals surface area (Å²) in [4.78, 5) is 0. The van der Waals surface area contributed by atoms with E-state index >= 15 is 0 Å². The first-order valence-electron chi connectivity index (χ1n) is 19.2. The molecule has 0 fully saturated rings. The Labute approximate surface area is 293 Å². The fourth-order valence-electron chi connectivity index (χ4n) is 7.70. The maximum Gasteiger partial charge on any atom is 0.309 e. The summed E-state index contributed by atoms with van der Waals surface area (Å²) in [6.45, 7) is 12.3. The third-order valence-corrected chi connectivity index (χ3v) is 11.5. The molecule has 1 aliphatic rings. The highest BCUT2D eigenvalue weighted by atomic mass is 16.5. The molecule has 0 heterocycles. The van der Waals surface area contributed by atoms with E-state index in [1.54, 1.807) is 0 Å². The van der Waals surface area contributed by atoms with Gasteiger partial charge in [0.15, 0.2) is 0 Å². The van der Waals surface area contributed by atoms with Gasteiger partial charge in [0, 0.05) is 5.41 Å². The van der Waals surface area contributed by atoms with Gasteiger partial charge in [-0.25, -0.2) is 0 Å². The van der Waals surface area contributed by atoms with E-state index in [9.17, 15) is 5.11 Å². The van der Waals surface area contributed by atoms with Crippen LogP contribution in [0.5, 0.6) is 0 Å². The summed E-state index contributed by atoms with van der Waals surface area (Å²) in [5.41, 5.74) is 8.06. The minimum atomic E-state index is -0.932. The molecular weight excluding hydrogens is 583 g/mol. The molecule has 1 aliphatic carbocycles. The molecule has 0 atom stereocenters. The molecule has 0 aromatic heterocycles. The van der Waals surface area contributed by atoms with Crippen LogP contribution in [-0.4, -0.2) is 23.8 Å². The van der Waals surface area contributed by atoms with Crippen molar-refractivity contribution in [2.75, 3.05) is 0 Å². The largest absolute Gasteiger partial charge is 0.427 e. The lowest BCUT2D eigenvalue weighted by atomic mass is 9.69. The van der Waals surface area contributed by atoms with E-state index < -0.39 is 11.2 Å². The predicted molar refractivity (Wildman–Crippen MR) is 210 cm³/mol. The van der Waals surface area contributed by atoms with Crippen LogP contribution in [0.1, 0.15) is 143 Å². The third-order valence-electron chi connectivity index (χ3n) is 11.5. The van der Waals surface area contributed by atoms with Gasteiger partial charge in [-0.2, -0.15) is 0 Å². The second kappa shape index (κ2) is 16.2. The minimum absolute atomic E-state index is 0.00514. The summed E-state index contributed by atoms with van der Waals surface area (Å²) >= 11 is 0. The fraction of sp³-hybridized carbons (Fsp3) is 0.511. The van der Waals surface area contributed by atoms with E-state index in [2.05, 4.69) is 92.7 Å². The van der Waals surface area contributed by atoms with Crippen molar-refractivity contribution in [2.45, 2.75) is 148 Å². The van der Waals surface area contributed by atoms with E-state index in [1.165, 1.54) is 140 Å². The lowest BCUT2D eigenvalue weighted by Gasteiger charge is -2.37. The molecular formula is C45H61BO2. The molecule has 0 saturated heterocycles. The van der Waals surface area contributed by atoms with Crippen molar-refractivity contribution in [3.05, 3.63) is 90.0 Å². The maximum atomic E-state index is 10.8. The molecule has 256 valence electrons. The summed E-state index contributed by atoms with van der Waals surface area (Å²) in [5.74, 6) is 0. The molecule has 48 heavy (non-hydrogen) atoms. The van der Waals surface area contributed by atoms with E-state index in [4.69, 9.17) is 4.65 Å². The average Bonchev–Trinajstić information content (AvgIpc) is 3.34. The van der Waals surface area contributed by atoms with Crippen molar-refractivity contribution >= 4 is 23.7 Å². The number of rotatable bonds is 19. The first kappa shape index (κ1) is 36.4. The van der Waals surface area contributed by atoms with E-state index in [1.807, 2.05) is 27.7 Å². The van der Waals surface area contributed by atoms with Crippen LogP contribution in [0, 0.1) is 0 Å². The van der Waals surface area contributed by atoms with E-state index in [-0.39, 0.29) is 5.41 Å². The van der Waals surface area contributed by atoms with Gasteiger partial charge < -0.3 is 9.76 Å². The molecule has 0 aliphatic heterocycles. The Kier molecular flexibility index (Phi) is 12.3. The predicted octanol–water partition coefficient (Wildman–Crippen LogP) is 11.8. The van der Waals surface area contributed by atoms with Crippen LogP contribution in [0.25, 0.3) is 33.0 Å². The van der Waals surface area contributed by atoms with Gasteiger partial charge in [0.1, 0.15) is 0 Å².